The Morgan fingerprint density at radius 3 is 2.41 bits per heavy atom. The number of aryl methyl sites for hydroxylation is 1. The van der Waals surface area contributed by atoms with Crippen molar-refractivity contribution in [3.63, 3.8) is 0 Å². The Morgan fingerprint density at radius 1 is 1.27 bits per heavy atom. The van der Waals surface area contributed by atoms with Gasteiger partial charge in [-0.2, -0.15) is 5.10 Å². The first-order valence-corrected chi connectivity index (χ1v) is 7.38. The monoisotopic (exact) mass is 301 g/mol. The molecule has 0 saturated heterocycles. The van der Waals surface area contributed by atoms with Gasteiger partial charge in [-0.25, -0.2) is 0 Å². The van der Waals surface area contributed by atoms with Crippen LogP contribution in [0.4, 0.5) is 5.69 Å². The highest BCUT2D eigenvalue weighted by Crippen LogP contribution is 2.17. The van der Waals surface area contributed by atoms with E-state index < -0.39 is 0 Å². The maximum atomic E-state index is 12.3. The Hall–Kier alpha value is -2.30. The molecule has 5 heteroatoms. The summed E-state index contributed by atoms with van der Waals surface area (Å²) in [7, 11) is 1.62. The molecule has 1 heterocycles. The zero-order valence-corrected chi connectivity index (χ0v) is 13.8. The molecule has 1 aromatic carbocycles. The van der Waals surface area contributed by atoms with Gasteiger partial charge in [0.2, 0.25) is 5.91 Å². The zero-order valence-electron chi connectivity index (χ0n) is 13.8. The molecular weight excluding hydrogens is 278 g/mol. The molecule has 1 atom stereocenters. The van der Waals surface area contributed by atoms with E-state index in [9.17, 15) is 4.79 Å². The van der Waals surface area contributed by atoms with Crippen LogP contribution in [0.5, 0.6) is 5.75 Å². The lowest BCUT2D eigenvalue weighted by Gasteiger charge is -2.14. The Morgan fingerprint density at radius 2 is 1.91 bits per heavy atom. The molecule has 2 aromatic rings. The van der Waals surface area contributed by atoms with Gasteiger partial charge in [-0.3, -0.25) is 9.48 Å². The van der Waals surface area contributed by atoms with Crippen LogP contribution in [0.25, 0.3) is 0 Å². The number of hydrogen-bond donors (Lipinski definition) is 1. The summed E-state index contributed by atoms with van der Waals surface area (Å²) in [5.41, 5.74) is 4.08. The van der Waals surface area contributed by atoms with E-state index in [0.717, 1.165) is 22.8 Å². The highest BCUT2D eigenvalue weighted by molar-refractivity contribution is 5.92. The van der Waals surface area contributed by atoms with Crippen LogP contribution in [-0.2, 0) is 11.3 Å². The summed E-state index contributed by atoms with van der Waals surface area (Å²) in [5.74, 6) is 0.582. The molecule has 22 heavy (non-hydrogen) atoms. The third kappa shape index (κ3) is 3.47. The van der Waals surface area contributed by atoms with E-state index in [-0.39, 0.29) is 11.8 Å². The van der Waals surface area contributed by atoms with E-state index in [1.807, 2.05) is 49.7 Å². The van der Waals surface area contributed by atoms with Crippen molar-refractivity contribution in [3.05, 3.63) is 41.2 Å². The maximum absolute atomic E-state index is 12.3. The lowest BCUT2D eigenvalue weighted by molar-refractivity contribution is -0.119. The molecule has 118 valence electrons. The SMILES string of the molecule is COc1ccc(NC(=O)[C@@H](C)Cn2nc(C)c(C)c2C)cc1. The van der Waals surface area contributed by atoms with Crippen LogP contribution in [0.15, 0.2) is 24.3 Å². The number of hydrogen-bond acceptors (Lipinski definition) is 3. The minimum Gasteiger partial charge on any atom is -0.497 e. The second-order valence-corrected chi connectivity index (χ2v) is 5.60. The number of nitrogens with zero attached hydrogens (tertiary/aromatic N) is 2. The summed E-state index contributed by atoms with van der Waals surface area (Å²) in [6.45, 7) is 8.55. The van der Waals surface area contributed by atoms with Crippen LogP contribution in [0.2, 0.25) is 0 Å². The number of benzene rings is 1. The normalized spacial score (nSPS) is 12.0. The van der Waals surface area contributed by atoms with Gasteiger partial charge in [0.25, 0.3) is 0 Å². The number of methoxy groups -OCH3 is 1. The van der Waals surface area contributed by atoms with Crippen molar-refractivity contribution in [1.82, 2.24) is 9.78 Å². The van der Waals surface area contributed by atoms with Gasteiger partial charge in [0.05, 0.1) is 25.3 Å². The number of carbonyl (C=O) groups excluding carboxylic acids is 1. The predicted octanol–water partition coefficient (Wildman–Crippen LogP) is 3.09. The Balaban J connectivity index is 2.00. The van der Waals surface area contributed by atoms with Crippen molar-refractivity contribution in [2.75, 3.05) is 12.4 Å². The molecule has 0 aliphatic heterocycles. The lowest BCUT2D eigenvalue weighted by Crippen LogP contribution is -2.25. The number of aromatic nitrogens is 2. The van der Waals surface area contributed by atoms with Gasteiger partial charge >= 0.3 is 0 Å². The summed E-state index contributed by atoms with van der Waals surface area (Å²) >= 11 is 0. The molecule has 1 N–H and O–H groups in total. The second kappa shape index (κ2) is 6.64. The fourth-order valence-electron chi connectivity index (χ4n) is 2.25. The van der Waals surface area contributed by atoms with E-state index >= 15 is 0 Å². The number of rotatable bonds is 5. The third-order valence-corrected chi connectivity index (χ3v) is 4.00. The quantitative estimate of drug-likeness (QED) is 0.923. The van der Waals surface area contributed by atoms with E-state index in [4.69, 9.17) is 4.74 Å². The van der Waals surface area contributed by atoms with Gasteiger partial charge in [-0.05, 0) is 50.6 Å². The van der Waals surface area contributed by atoms with Crippen LogP contribution < -0.4 is 10.1 Å². The topological polar surface area (TPSA) is 56.1 Å². The number of anilines is 1. The summed E-state index contributed by atoms with van der Waals surface area (Å²) < 4.78 is 7.01. The summed E-state index contributed by atoms with van der Waals surface area (Å²) in [6.07, 6.45) is 0. The predicted molar refractivity (Wildman–Crippen MR) is 87.2 cm³/mol. The van der Waals surface area contributed by atoms with E-state index in [1.54, 1.807) is 7.11 Å². The largest absolute Gasteiger partial charge is 0.497 e. The van der Waals surface area contributed by atoms with Crippen LogP contribution in [0.3, 0.4) is 0 Å². The van der Waals surface area contributed by atoms with Gasteiger partial charge in [0.1, 0.15) is 5.75 Å². The standard InChI is InChI=1S/C17H23N3O2/c1-11(10-20-14(4)12(2)13(3)19-20)17(21)18-15-6-8-16(22-5)9-7-15/h6-9,11H,10H2,1-5H3,(H,18,21)/t11-/m0/s1. The molecule has 0 aliphatic carbocycles. The highest BCUT2D eigenvalue weighted by atomic mass is 16.5. The smallest absolute Gasteiger partial charge is 0.229 e. The van der Waals surface area contributed by atoms with E-state index in [2.05, 4.69) is 17.3 Å². The summed E-state index contributed by atoms with van der Waals surface area (Å²) in [4.78, 5) is 12.3. The molecular formula is C17H23N3O2. The van der Waals surface area contributed by atoms with Crippen molar-refractivity contribution in [3.8, 4) is 5.75 Å². The molecule has 0 spiro atoms. The van der Waals surface area contributed by atoms with Crippen LogP contribution in [-0.4, -0.2) is 22.8 Å². The molecule has 0 saturated carbocycles. The number of carbonyl (C=O) groups is 1. The molecule has 0 fully saturated rings. The van der Waals surface area contributed by atoms with Crippen LogP contribution >= 0.6 is 0 Å². The Labute approximate surface area is 131 Å². The van der Waals surface area contributed by atoms with Gasteiger partial charge < -0.3 is 10.1 Å². The van der Waals surface area contributed by atoms with E-state index in [1.165, 1.54) is 5.56 Å². The first-order valence-electron chi connectivity index (χ1n) is 7.38. The molecule has 0 radical (unpaired) electrons. The molecule has 0 unspecified atom stereocenters. The Bertz CT molecular complexity index is 659. The van der Waals surface area contributed by atoms with Crippen LogP contribution in [0, 0.1) is 26.7 Å². The molecule has 1 amide bonds. The highest BCUT2D eigenvalue weighted by Gasteiger charge is 2.16. The van der Waals surface area contributed by atoms with Crippen molar-refractivity contribution >= 4 is 11.6 Å². The van der Waals surface area contributed by atoms with E-state index in [0.29, 0.717) is 6.54 Å². The van der Waals surface area contributed by atoms with Gasteiger partial charge in [-0.1, -0.05) is 6.92 Å². The summed E-state index contributed by atoms with van der Waals surface area (Å²) in [6, 6.07) is 7.31. The van der Waals surface area contributed by atoms with Gasteiger partial charge in [0, 0.05) is 11.4 Å². The first kappa shape index (κ1) is 16.1. The molecule has 0 bridgehead atoms. The van der Waals surface area contributed by atoms with Crippen molar-refractivity contribution in [2.24, 2.45) is 5.92 Å². The van der Waals surface area contributed by atoms with Gasteiger partial charge in [0.15, 0.2) is 0 Å². The molecule has 5 nitrogen and oxygen atoms in total. The van der Waals surface area contributed by atoms with Crippen LogP contribution in [0.1, 0.15) is 23.9 Å². The number of amides is 1. The Kier molecular flexibility index (Phi) is 4.85. The average Bonchev–Trinajstić information content (AvgIpc) is 2.75. The molecule has 2 rings (SSSR count). The maximum Gasteiger partial charge on any atom is 0.229 e. The fraction of sp³-hybridized carbons (Fsp3) is 0.412. The fourth-order valence-corrected chi connectivity index (χ4v) is 2.25. The average molecular weight is 301 g/mol. The minimum absolute atomic E-state index is 0.0182. The van der Waals surface area contributed by atoms with Crippen molar-refractivity contribution < 1.29 is 9.53 Å². The minimum atomic E-state index is -0.167. The number of nitrogens with one attached hydrogen (secondary N) is 1. The first-order chi connectivity index (χ1) is 10.4. The van der Waals surface area contributed by atoms with Crippen molar-refractivity contribution in [1.29, 1.82) is 0 Å². The molecule has 0 aliphatic rings. The second-order valence-electron chi connectivity index (χ2n) is 5.60. The zero-order chi connectivity index (χ0) is 16.3. The van der Waals surface area contributed by atoms with Crippen molar-refractivity contribution in [2.45, 2.75) is 34.2 Å². The summed E-state index contributed by atoms with van der Waals surface area (Å²) in [5, 5.41) is 7.40. The lowest BCUT2D eigenvalue weighted by atomic mass is 10.1. The number of ether oxygens (including phenoxy) is 1. The van der Waals surface area contributed by atoms with Gasteiger partial charge in [-0.15, -0.1) is 0 Å². The third-order valence-electron chi connectivity index (χ3n) is 4.00. The molecule has 1 aromatic heterocycles.